The fourth-order valence-electron chi connectivity index (χ4n) is 1.85. The molecule has 2 aromatic rings. The highest BCUT2D eigenvalue weighted by molar-refractivity contribution is 7.07. The van der Waals surface area contributed by atoms with Crippen molar-refractivity contribution in [3.8, 4) is 0 Å². The summed E-state index contributed by atoms with van der Waals surface area (Å²) in [5.41, 5.74) is 2.24. The number of halogens is 1. The molecule has 2 aromatic heterocycles. The predicted octanol–water partition coefficient (Wildman–Crippen LogP) is 2.01. The zero-order chi connectivity index (χ0) is 14.0. The first-order valence-electron chi connectivity index (χ1n) is 5.90. The Labute approximate surface area is 118 Å². The Hall–Kier alpha value is -1.40. The van der Waals surface area contributed by atoms with Crippen molar-refractivity contribution in [3.05, 3.63) is 48.1 Å². The summed E-state index contributed by atoms with van der Waals surface area (Å²) in [4.78, 5) is 30.7. The van der Waals surface area contributed by atoms with Crippen LogP contribution in [0, 0.1) is 0 Å². The number of hydrogen-bond donors (Lipinski definition) is 1. The van der Waals surface area contributed by atoms with Gasteiger partial charge in [0.2, 0.25) is 0 Å². The molecular weight excluding hydrogens is 286 g/mol. The third-order valence-corrected chi connectivity index (χ3v) is 3.76. The van der Waals surface area contributed by atoms with Crippen molar-refractivity contribution in [2.75, 3.05) is 0 Å². The van der Waals surface area contributed by atoms with E-state index >= 15 is 0 Å². The average Bonchev–Trinajstić information content (AvgIpc) is 2.80. The maximum Gasteiger partial charge on any atom is 0.329 e. The second-order valence-corrected chi connectivity index (χ2v) is 5.60. The highest BCUT2D eigenvalue weighted by Crippen LogP contribution is 2.16. The highest BCUT2D eigenvalue weighted by Gasteiger charge is 2.15. The Bertz CT molecular complexity index is 673. The summed E-state index contributed by atoms with van der Waals surface area (Å²) in [5.74, 6) is -0.0395. The third-order valence-electron chi connectivity index (χ3n) is 2.83. The van der Waals surface area contributed by atoms with E-state index < -0.39 is 5.69 Å². The van der Waals surface area contributed by atoms with Gasteiger partial charge in [-0.1, -0.05) is 25.4 Å². The summed E-state index contributed by atoms with van der Waals surface area (Å²) in [5, 5.41) is 2.04. The molecule has 7 heteroatoms. The van der Waals surface area contributed by atoms with Crippen molar-refractivity contribution < 1.29 is 0 Å². The van der Waals surface area contributed by atoms with Crippen LogP contribution in [0.15, 0.2) is 20.5 Å². The van der Waals surface area contributed by atoms with Crippen LogP contribution in [-0.2, 0) is 13.0 Å². The van der Waals surface area contributed by atoms with Crippen molar-refractivity contribution in [2.45, 2.75) is 32.7 Å². The van der Waals surface area contributed by atoms with Gasteiger partial charge in [-0.25, -0.2) is 9.78 Å². The van der Waals surface area contributed by atoms with Crippen molar-refractivity contribution in [2.24, 2.45) is 0 Å². The van der Waals surface area contributed by atoms with Crippen LogP contribution in [0.1, 0.15) is 31.0 Å². The van der Waals surface area contributed by atoms with E-state index in [1.807, 2.05) is 19.2 Å². The zero-order valence-corrected chi connectivity index (χ0v) is 12.2. The molecule has 0 unspecified atom stereocenters. The molecule has 0 aliphatic rings. The molecule has 0 amide bonds. The van der Waals surface area contributed by atoms with Gasteiger partial charge in [-0.05, 0) is 5.92 Å². The van der Waals surface area contributed by atoms with Crippen molar-refractivity contribution in [1.29, 1.82) is 0 Å². The summed E-state index contributed by atoms with van der Waals surface area (Å²) < 4.78 is 1.18. The van der Waals surface area contributed by atoms with Crippen LogP contribution in [0.4, 0.5) is 0 Å². The molecule has 0 fully saturated rings. The molecule has 2 heterocycles. The molecule has 0 aromatic carbocycles. The molecule has 0 radical (unpaired) electrons. The van der Waals surface area contributed by atoms with Gasteiger partial charge in [0.05, 0.1) is 16.8 Å². The molecule has 1 N–H and O–H groups in total. The lowest BCUT2D eigenvalue weighted by Gasteiger charge is -2.10. The summed E-state index contributed by atoms with van der Waals surface area (Å²) in [6, 6.07) is 0. The number of aromatic amines is 1. The lowest BCUT2D eigenvalue weighted by molar-refractivity contribution is 0.607. The average molecular weight is 300 g/mol. The monoisotopic (exact) mass is 299 g/mol. The highest BCUT2D eigenvalue weighted by atomic mass is 35.5. The lowest BCUT2D eigenvalue weighted by Crippen LogP contribution is -2.38. The minimum absolute atomic E-state index is 0.0395. The van der Waals surface area contributed by atoms with Crippen LogP contribution in [0.3, 0.4) is 0 Å². The zero-order valence-electron chi connectivity index (χ0n) is 10.6. The van der Waals surface area contributed by atoms with Crippen LogP contribution < -0.4 is 11.2 Å². The van der Waals surface area contributed by atoms with Gasteiger partial charge in [0.15, 0.2) is 0 Å². The molecule has 102 valence electrons. The Kier molecular flexibility index (Phi) is 4.21. The summed E-state index contributed by atoms with van der Waals surface area (Å²) >= 11 is 7.41. The number of aryl methyl sites for hydroxylation is 1. The number of H-pyrrole nitrogens is 1. The molecule has 0 bridgehead atoms. The van der Waals surface area contributed by atoms with Crippen molar-refractivity contribution >= 4 is 22.9 Å². The van der Waals surface area contributed by atoms with E-state index in [9.17, 15) is 9.59 Å². The topological polar surface area (TPSA) is 67.8 Å². The largest absolute Gasteiger partial charge is 0.329 e. The first-order valence-corrected chi connectivity index (χ1v) is 7.22. The van der Waals surface area contributed by atoms with Gasteiger partial charge >= 0.3 is 5.69 Å². The molecule has 0 saturated carbocycles. The summed E-state index contributed by atoms with van der Waals surface area (Å²) in [6.45, 7) is 4.03. The van der Waals surface area contributed by atoms with Gasteiger partial charge in [-0.3, -0.25) is 14.3 Å². The second-order valence-electron chi connectivity index (χ2n) is 4.50. The van der Waals surface area contributed by atoms with Gasteiger partial charge in [0.1, 0.15) is 5.15 Å². The Balaban J connectivity index is 2.37. The van der Waals surface area contributed by atoms with E-state index in [2.05, 4.69) is 9.97 Å². The van der Waals surface area contributed by atoms with Crippen LogP contribution in [0.5, 0.6) is 0 Å². The van der Waals surface area contributed by atoms with E-state index in [0.29, 0.717) is 18.5 Å². The molecule has 0 atom stereocenters. The predicted molar refractivity (Wildman–Crippen MR) is 76.2 cm³/mol. The molecule has 2 rings (SSSR count). The minimum atomic E-state index is -0.477. The van der Waals surface area contributed by atoms with Crippen molar-refractivity contribution in [3.63, 3.8) is 0 Å². The number of nitrogens with one attached hydrogen (secondary N) is 1. The molecule has 0 aliphatic carbocycles. The standard InChI is InChI=1S/C12H14ClN3O2S/c1-7(2)9-10(13)15-12(18)16(11(9)17)4-3-8-5-19-6-14-8/h5-7H,3-4H2,1-2H3,(H,15,18). The SMILES string of the molecule is CC(C)c1c(Cl)[nH]c(=O)n(CCc2cscn2)c1=O. The Morgan fingerprint density at radius 1 is 1.47 bits per heavy atom. The maximum absolute atomic E-state index is 12.3. The number of aromatic nitrogens is 3. The molecule has 0 saturated heterocycles. The van der Waals surface area contributed by atoms with E-state index in [4.69, 9.17) is 11.6 Å². The molecular formula is C12H14ClN3O2S. The van der Waals surface area contributed by atoms with E-state index in [0.717, 1.165) is 5.69 Å². The summed E-state index contributed by atoms with van der Waals surface area (Å²) in [6.07, 6.45) is 0.547. The van der Waals surface area contributed by atoms with Gasteiger partial charge in [-0.2, -0.15) is 0 Å². The molecule has 0 aliphatic heterocycles. The van der Waals surface area contributed by atoms with Crippen LogP contribution >= 0.6 is 22.9 Å². The van der Waals surface area contributed by atoms with Crippen molar-refractivity contribution in [1.82, 2.24) is 14.5 Å². The normalized spacial score (nSPS) is 11.2. The fraction of sp³-hybridized carbons (Fsp3) is 0.417. The third kappa shape index (κ3) is 2.96. The fourth-order valence-corrected chi connectivity index (χ4v) is 2.82. The smallest absolute Gasteiger partial charge is 0.297 e. The number of hydrogen-bond acceptors (Lipinski definition) is 4. The number of nitrogens with zero attached hydrogens (tertiary/aromatic N) is 2. The van der Waals surface area contributed by atoms with Crippen LogP contribution in [-0.4, -0.2) is 14.5 Å². The second kappa shape index (κ2) is 5.71. The molecule has 0 spiro atoms. The quantitative estimate of drug-likeness (QED) is 0.878. The molecule has 5 nitrogen and oxygen atoms in total. The lowest BCUT2D eigenvalue weighted by atomic mass is 10.1. The first-order chi connectivity index (χ1) is 9.00. The van der Waals surface area contributed by atoms with Gasteiger partial charge < -0.3 is 0 Å². The van der Waals surface area contributed by atoms with E-state index in [1.54, 1.807) is 5.51 Å². The number of rotatable bonds is 4. The van der Waals surface area contributed by atoms with Crippen LogP contribution in [0.2, 0.25) is 5.15 Å². The maximum atomic E-state index is 12.3. The van der Waals surface area contributed by atoms with E-state index in [1.165, 1.54) is 15.9 Å². The van der Waals surface area contributed by atoms with Gasteiger partial charge in [0.25, 0.3) is 5.56 Å². The van der Waals surface area contributed by atoms with Gasteiger partial charge in [-0.15, -0.1) is 11.3 Å². The number of thiazole rings is 1. The van der Waals surface area contributed by atoms with Crippen LogP contribution in [0.25, 0.3) is 0 Å². The first kappa shape index (κ1) is 14.0. The Morgan fingerprint density at radius 2 is 2.21 bits per heavy atom. The molecule has 19 heavy (non-hydrogen) atoms. The van der Waals surface area contributed by atoms with Gasteiger partial charge in [0, 0.05) is 18.3 Å². The Morgan fingerprint density at radius 3 is 2.79 bits per heavy atom. The minimum Gasteiger partial charge on any atom is -0.297 e. The summed E-state index contributed by atoms with van der Waals surface area (Å²) in [7, 11) is 0. The van der Waals surface area contributed by atoms with E-state index in [-0.39, 0.29) is 16.6 Å².